The number of esters is 2. The molecule has 6 atom stereocenters. The largest absolute Gasteiger partial charge is 0.464 e. The molecule has 1 heterocycles. The first-order chi connectivity index (χ1) is 23.9. The normalized spacial score (nSPS) is 19.3. The zero-order valence-electron chi connectivity index (χ0n) is 32.2. The van der Waals surface area contributed by atoms with Crippen molar-refractivity contribution in [1.82, 2.24) is 15.0 Å². The molecule has 0 aliphatic carbocycles. The van der Waals surface area contributed by atoms with Gasteiger partial charge in [-0.05, 0) is 61.8 Å². The van der Waals surface area contributed by atoms with E-state index >= 15 is 0 Å². The highest BCUT2D eigenvalue weighted by molar-refractivity contribution is 7.54. The predicted octanol–water partition coefficient (Wildman–Crippen LogP) is 3.89. The maximum Gasteiger partial charge on any atom is 0.349 e. The summed E-state index contributed by atoms with van der Waals surface area (Å²) in [6.07, 6.45) is -2.04. The van der Waals surface area contributed by atoms with E-state index in [4.69, 9.17) is 37.2 Å². The Morgan fingerprint density at radius 1 is 0.765 bits per heavy atom. The molecule has 0 spiro atoms. The molecule has 1 fully saturated rings. The van der Waals surface area contributed by atoms with E-state index in [-0.39, 0.29) is 52.4 Å². The van der Waals surface area contributed by atoms with Crippen LogP contribution in [-0.2, 0) is 60.8 Å². The van der Waals surface area contributed by atoms with Gasteiger partial charge in [-0.2, -0.15) is 10.1 Å². The quantitative estimate of drug-likeness (QED) is 0.0616. The standard InChI is InChI=1S/C17H33N2O9P.C14H30NO6P/c1-6-26-29(24,27-7-2)13(4)18(5)28-12(3)17(23)25-9-8-19-15(21)10-14(20)11-16(19)22;1-7-10-11-18-14(16)12(4)21-15(6)13(5)22(17,19-8-2)20-9-3/h12-15,20-21H,6-11H2,1-5H3;12-13H,7-11H2,1-6H3/t12?,13?,14-,15+;/m0./s1. The molecular weight excluding hydrogens is 716 g/mol. The number of aliphatic hydroxyl groups excluding tert-OH is 2. The van der Waals surface area contributed by atoms with Gasteiger partial charge in [0.25, 0.3) is 0 Å². The Labute approximate surface area is 303 Å². The van der Waals surface area contributed by atoms with Gasteiger partial charge in [0.1, 0.15) is 24.4 Å². The average Bonchev–Trinajstić information content (AvgIpc) is 3.05. The van der Waals surface area contributed by atoms with Crippen LogP contribution in [0.15, 0.2) is 0 Å². The molecule has 0 aromatic heterocycles. The lowest BCUT2D eigenvalue weighted by atomic mass is 10.1. The molecule has 1 rings (SSSR count). The first kappa shape index (κ1) is 49.5. The van der Waals surface area contributed by atoms with Crippen LogP contribution in [0.2, 0.25) is 0 Å². The molecule has 4 unspecified atom stereocenters. The van der Waals surface area contributed by atoms with Gasteiger partial charge in [-0.25, -0.2) is 9.59 Å². The van der Waals surface area contributed by atoms with Crippen molar-refractivity contribution in [3.63, 3.8) is 0 Å². The first-order valence-electron chi connectivity index (χ1n) is 17.4. The summed E-state index contributed by atoms with van der Waals surface area (Å²) < 4.78 is 56.7. The highest BCUT2D eigenvalue weighted by Gasteiger charge is 2.38. The van der Waals surface area contributed by atoms with Gasteiger partial charge >= 0.3 is 27.1 Å². The summed E-state index contributed by atoms with van der Waals surface area (Å²) in [6, 6.07) is 0. The van der Waals surface area contributed by atoms with Crippen LogP contribution >= 0.6 is 15.2 Å². The van der Waals surface area contributed by atoms with E-state index < -0.39 is 69.1 Å². The SMILES string of the molecule is CCCCOC(=O)C(C)ON(C)C(C)P(=O)(OCC)OCC.CCOP(=O)(OCC)C(C)N(C)OC(C)C(=O)OCCN1C(=O)C[C@@H](O)C[C@H]1O. The fourth-order valence-electron chi connectivity index (χ4n) is 4.39. The summed E-state index contributed by atoms with van der Waals surface area (Å²) in [6.45, 7) is 16.4. The number of rotatable bonds is 24. The van der Waals surface area contributed by atoms with Crippen LogP contribution < -0.4 is 0 Å². The maximum absolute atomic E-state index is 12.8. The molecular formula is C31H63N3O15P2. The molecule has 51 heavy (non-hydrogen) atoms. The molecule has 0 radical (unpaired) electrons. The van der Waals surface area contributed by atoms with E-state index in [0.717, 1.165) is 17.7 Å². The van der Waals surface area contributed by atoms with Crippen LogP contribution in [0, 0.1) is 0 Å². The molecule has 0 bridgehead atoms. The summed E-state index contributed by atoms with van der Waals surface area (Å²) in [7, 11) is -3.69. The third-order valence-electron chi connectivity index (χ3n) is 7.41. The van der Waals surface area contributed by atoms with Crippen LogP contribution in [0.3, 0.4) is 0 Å². The Balaban J connectivity index is 0.00000102. The van der Waals surface area contributed by atoms with Crippen molar-refractivity contribution in [3.05, 3.63) is 0 Å². The molecule has 18 nitrogen and oxygen atoms in total. The summed E-state index contributed by atoms with van der Waals surface area (Å²) in [5.74, 6) is -2.95. The lowest BCUT2D eigenvalue weighted by Gasteiger charge is -2.34. The third-order valence-corrected chi connectivity index (χ3v) is 12.4. The molecule has 0 aromatic rings. The fourth-order valence-corrected chi connectivity index (χ4v) is 7.75. The van der Waals surface area contributed by atoms with Gasteiger partial charge in [0.2, 0.25) is 5.91 Å². The van der Waals surface area contributed by atoms with E-state index in [1.165, 1.54) is 24.1 Å². The second kappa shape index (κ2) is 25.5. The number of hydrogen-bond donors (Lipinski definition) is 2. The third kappa shape index (κ3) is 17.4. The van der Waals surface area contributed by atoms with E-state index in [9.17, 15) is 33.7 Å². The summed E-state index contributed by atoms with van der Waals surface area (Å²) in [5, 5.41) is 21.9. The number of carbonyl (C=O) groups excluding carboxylic acids is 3. The second-order valence-corrected chi connectivity index (χ2v) is 16.1. The van der Waals surface area contributed by atoms with Crippen molar-refractivity contribution >= 4 is 33.0 Å². The lowest BCUT2D eigenvalue weighted by molar-refractivity contribution is -0.206. The number of aliphatic hydroxyl groups is 2. The topological polar surface area (TPSA) is 209 Å². The van der Waals surface area contributed by atoms with Gasteiger partial charge in [-0.15, -0.1) is 0 Å². The number of hydrogen-bond acceptors (Lipinski definition) is 17. The number of piperidine rings is 1. The van der Waals surface area contributed by atoms with Crippen molar-refractivity contribution in [2.24, 2.45) is 0 Å². The van der Waals surface area contributed by atoms with Gasteiger partial charge in [-0.1, -0.05) is 13.3 Å². The van der Waals surface area contributed by atoms with Gasteiger partial charge in [0, 0.05) is 20.5 Å². The number of carbonyl (C=O) groups is 3. The summed E-state index contributed by atoms with van der Waals surface area (Å²) in [4.78, 5) is 47.8. The summed E-state index contributed by atoms with van der Waals surface area (Å²) >= 11 is 0. The second-order valence-electron chi connectivity index (χ2n) is 11.5. The molecule has 1 aliphatic rings. The Morgan fingerprint density at radius 3 is 1.51 bits per heavy atom. The van der Waals surface area contributed by atoms with Crippen molar-refractivity contribution < 1.29 is 71.0 Å². The Bertz CT molecular complexity index is 1100. The van der Waals surface area contributed by atoms with Crippen molar-refractivity contribution in [1.29, 1.82) is 0 Å². The number of likely N-dealkylation sites (tertiary alicyclic amines) is 1. The Kier molecular flexibility index (Phi) is 24.7. The molecule has 0 saturated carbocycles. The monoisotopic (exact) mass is 779 g/mol. The number of hydroxylamine groups is 4. The number of unbranched alkanes of at least 4 members (excludes halogenated alkanes) is 1. The smallest absolute Gasteiger partial charge is 0.349 e. The minimum Gasteiger partial charge on any atom is -0.464 e. The van der Waals surface area contributed by atoms with Gasteiger partial charge < -0.3 is 42.7 Å². The molecule has 1 amide bonds. The minimum absolute atomic E-state index is 0.00129. The number of nitrogens with zero attached hydrogens (tertiary/aromatic N) is 3. The van der Waals surface area contributed by atoms with Crippen molar-refractivity contribution in [2.75, 3.05) is 60.3 Å². The van der Waals surface area contributed by atoms with Crippen molar-refractivity contribution in [2.45, 2.75) is 124 Å². The minimum atomic E-state index is -3.46. The van der Waals surface area contributed by atoms with E-state index in [2.05, 4.69) is 0 Å². The molecule has 302 valence electrons. The highest BCUT2D eigenvalue weighted by atomic mass is 31.2. The van der Waals surface area contributed by atoms with Crippen LogP contribution in [0.5, 0.6) is 0 Å². The fraction of sp³-hybridized carbons (Fsp3) is 0.903. The molecule has 2 N–H and O–H groups in total. The van der Waals surface area contributed by atoms with Gasteiger partial charge in [-0.3, -0.25) is 23.6 Å². The first-order valence-corrected chi connectivity index (χ1v) is 20.7. The Morgan fingerprint density at radius 2 is 1.16 bits per heavy atom. The predicted molar refractivity (Wildman–Crippen MR) is 187 cm³/mol. The maximum atomic E-state index is 12.8. The summed E-state index contributed by atoms with van der Waals surface area (Å²) in [5.41, 5.74) is 0. The van der Waals surface area contributed by atoms with E-state index in [1.54, 1.807) is 55.5 Å². The highest BCUT2D eigenvalue weighted by Crippen LogP contribution is 2.54. The number of amides is 1. The van der Waals surface area contributed by atoms with Gasteiger partial charge in [0.05, 0.1) is 52.1 Å². The molecule has 1 saturated heterocycles. The van der Waals surface area contributed by atoms with Crippen LogP contribution in [-0.4, -0.2) is 139 Å². The van der Waals surface area contributed by atoms with Gasteiger partial charge in [0.15, 0.2) is 12.2 Å². The lowest BCUT2D eigenvalue weighted by Crippen LogP contribution is -2.49. The number of ether oxygens (including phenoxy) is 2. The zero-order chi connectivity index (χ0) is 39.4. The van der Waals surface area contributed by atoms with Crippen LogP contribution in [0.1, 0.15) is 88.0 Å². The molecule has 1 aliphatic heterocycles. The van der Waals surface area contributed by atoms with E-state index in [1.807, 2.05) is 6.92 Å². The van der Waals surface area contributed by atoms with Crippen LogP contribution in [0.4, 0.5) is 0 Å². The molecule has 0 aromatic carbocycles. The zero-order valence-corrected chi connectivity index (χ0v) is 34.0. The average molecular weight is 780 g/mol. The Hall–Kier alpha value is -1.53. The molecule has 20 heteroatoms. The van der Waals surface area contributed by atoms with E-state index in [0.29, 0.717) is 6.61 Å². The van der Waals surface area contributed by atoms with Crippen LogP contribution in [0.25, 0.3) is 0 Å². The van der Waals surface area contributed by atoms with Crippen molar-refractivity contribution in [3.8, 4) is 0 Å².